The fourth-order valence-corrected chi connectivity index (χ4v) is 23.5. The van der Waals surface area contributed by atoms with Crippen LogP contribution in [0.4, 0.5) is 17.1 Å². The Bertz CT molecular complexity index is 9650. The summed E-state index contributed by atoms with van der Waals surface area (Å²) in [6.07, 6.45) is 0. The molecule has 0 aliphatic rings. The molecule has 7 heterocycles. The van der Waals surface area contributed by atoms with Crippen molar-refractivity contribution in [2.75, 3.05) is 4.90 Å². The van der Waals surface area contributed by atoms with Gasteiger partial charge in [-0.15, -0.1) is 11.3 Å². The molecule has 0 amide bonds. The van der Waals surface area contributed by atoms with E-state index in [4.69, 9.17) is 0 Å². The molecule has 0 radical (unpaired) electrons. The Morgan fingerprint density at radius 2 is 0.343 bits per heavy atom. The molecule has 29 aromatic rings. The van der Waals surface area contributed by atoms with E-state index in [0.29, 0.717) is 0 Å². The predicted octanol–water partition coefficient (Wildman–Crippen LogP) is 36.1. The molecule has 7 aromatic heterocycles. The first-order valence-corrected chi connectivity index (χ1v) is 48.8. The van der Waals surface area contributed by atoms with Crippen LogP contribution < -0.4 is 4.90 Å². The van der Waals surface area contributed by atoms with Crippen molar-refractivity contribution in [1.82, 2.24) is 27.4 Å². The maximum Gasteiger partial charge on any atom is 0.0810 e. The quantitative estimate of drug-likeness (QED) is 0.113. The molecule has 7 nitrogen and oxygen atoms in total. The predicted molar refractivity (Wildman–Crippen MR) is 595 cm³/mol. The molecule has 0 N–H and O–H groups in total. The first-order chi connectivity index (χ1) is 69.6. The number of fused-ring (bicyclic) bond motifs is 27. The lowest BCUT2D eigenvalue weighted by atomic mass is 10.0. The van der Waals surface area contributed by atoms with Gasteiger partial charge in [-0.25, -0.2) is 0 Å². The number of benzene rings is 22. The Kier molecular flexibility index (Phi) is 19.7. The van der Waals surface area contributed by atoms with Gasteiger partial charge in [-0.2, -0.15) is 0 Å². The zero-order chi connectivity index (χ0) is 92.2. The second kappa shape index (κ2) is 33.9. The van der Waals surface area contributed by atoms with Crippen LogP contribution in [0.3, 0.4) is 0 Å². The highest BCUT2D eigenvalue weighted by molar-refractivity contribution is 7.27. The van der Waals surface area contributed by atoms with Gasteiger partial charge in [-0.1, -0.05) is 370 Å². The van der Waals surface area contributed by atoms with E-state index in [9.17, 15) is 0 Å². The normalized spacial score (nSPS) is 11.7. The molecule has 0 atom stereocenters. The van der Waals surface area contributed by atoms with Crippen LogP contribution in [0, 0.1) is 0 Å². The molecule has 8 heteroatoms. The van der Waals surface area contributed by atoms with E-state index < -0.39 is 0 Å². The Morgan fingerprint density at radius 1 is 0.136 bits per heavy atom. The van der Waals surface area contributed by atoms with Crippen LogP contribution in [-0.2, 0) is 0 Å². The second-order valence-corrected chi connectivity index (χ2v) is 37.1. The highest BCUT2D eigenvalue weighted by Crippen LogP contribution is 2.54. The van der Waals surface area contributed by atoms with Crippen LogP contribution in [0.25, 0.3) is 230 Å². The fourth-order valence-electron chi connectivity index (χ4n) is 22.2. The summed E-state index contributed by atoms with van der Waals surface area (Å²) in [6.45, 7) is 0. The van der Waals surface area contributed by atoms with Crippen LogP contribution in [0.5, 0.6) is 0 Å². The number of hydrogen-bond donors (Lipinski definition) is 0. The van der Waals surface area contributed by atoms with Crippen molar-refractivity contribution < 1.29 is 0 Å². The summed E-state index contributed by atoms with van der Waals surface area (Å²) in [6, 6.07) is 190. The summed E-state index contributed by atoms with van der Waals surface area (Å²) in [4.78, 5) is 2.33. The maximum atomic E-state index is 2.51. The Morgan fingerprint density at radius 3 is 0.679 bits per heavy atom. The number of thiophene rings is 1. The minimum absolute atomic E-state index is 1.11. The summed E-state index contributed by atoms with van der Waals surface area (Å²) < 4.78 is 17.5. The molecule has 29 rings (SSSR count). The Labute approximate surface area is 812 Å². The average Bonchev–Trinajstić information content (AvgIpc) is 1.51. The van der Waals surface area contributed by atoms with Crippen molar-refractivity contribution in [3.05, 3.63) is 528 Å². The summed E-state index contributed by atoms with van der Waals surface area (Å²) in [5.74, 6) is 0. The van der Waals surface area contributed by atoms with E-state index in [-0.39, 0.29) is 0 Å². The third-order valence-electron chi connectivity index (χ3n) is 28.3. The van der Waals surface area contributed by atoms with Crippen LogP contribution in [-0.4, -0.2) is 27.4 Å². The number of anilines is 3. The number of hydrogen-bond acceptors (Lipinski definition) is 2. The van der Waals surface area contributed by atoms with Crippen molar-refractivity contribution in [3.63, 3.8) is 0 Å². The van der Waals surface area contributed by atoms with Gasteiger partial charge in [0.2, 0.25) is 0 Å². The van der Waals surface area contributed by atoms with Gasteiger partial charge in [0.1, 0.15) is 0 Å². The molecule has 140 heavy (non-hydrogen) atoms. The first kappa shape index (κ1) is 81.2. The summed E-state index contributed by atoms with van der Waals surface area (Å²) in [5.41, 5.74) is 34.6. The van der Waals surface area contributed by atoms with Gasteiger partial charge in [-0.3, -0.25) is 0 Å². The first-order valence-electron chi connectivity index (χ1n) is 48.0. The lowest BCUT2D eigenvalue weighted by Gasteiger charge is -2.26. The molecule has 22 aromatic carbocycles. The zero-order valence-electron chi connectivity index (χ0n) is 76.3. The van der Waals surface area contributed by atoms with Gasteiger partial charge >= 0.3 is 0 Å². The zero-order valence-corrected chi connectivity index (χ0v) is 77.1. The monoisotopic (exact) mass is 1800 g/mol. The molecule has 0 spiro atoms. The largest absolute Gasteiger partial charge is 0.311 e. The lowest BCUT2D eigenvalue weighted by Crippen LogP contribution is -2.09. The molecule has 0 fully saturated rings. The third-order valence-corrected chi connectivity index (χ3v) is 29.5. The average molecular weight is 1800 g/mol. The molecule has 0 unspecified atom stereocenters. The van der Waals surface area contributed by atoms with E-state index in [1.54, 1.807) is 0 Å². The number of nitrogens with zero attached hydrogens (tertiary/aromatic N) is 7. The molecule has 0 saturated heterocycles. The van der Waals surface area contributed by atoms with Gasteiger partial charge in [0, 0.05) is 136 Å². The minimum Gasteiger partial charge on any atom is -0.311 e. The van der Waals surface area contributed by atoms with Crippen molar-refractivity contribution in [2.45, 2.75) is 0 Å². The van der Waals surface area contributed by atoms with E-state index in [1.807, 2.05) is 11.3 Å². The van der Waals surface area contributed by atoms with Crippen LogP contribution in [0.15, 0.2) is 528 Å². The molecule has 0 saturated carbocycles. The maximum absolute atomic E-state index is 2.51. The topological polar surface area (TPSA) is 32.8 Å². The van der Waals surface area contributed by atoms with Gasteiger partial charge in [-0.05, 0) is 202 Å². The van der Waals surface area contributed by atoms with Gasteiger partial charge < -0.3 is 32.3 Å². The fraction of sp³-hybridized carbons (Fsp3) is 0. The minimum atomic E-state index is 1.11. The molecule has 0 bridgehead atoms. The number of rotatable bonds is 13. The number of aromatic nitrogens is 6. The molecule has 0 aliphatic heterocycles. The standard InChI is InChI=1S/C48H34N2.C42H27N3.C42H26N2S/c1-3-11-35(12-4-1)37-19-27-41(28-20-37)49(42-29-21-38(22-30-42)36-13-5-2-6-14-36)43-31-23-39(24-32-43)40-25-33-44(34-26-40)50-47-17-9-7-15-45(47)46-16-8-10-18-48(46)50;1-4-16-28(17-5-1)43-34-25-13-10-22-31(34)37-38-32-23-11-14-26-35(32)44(29-18-6-2-7-19-29)41(38)42-39(40(37)43)33-24-12-15-27-36(33)45(42)30-20-8-3-9-21-30;1-3-13-27(14-4-1)28-23-25-30(26-24-28)44-34-20-10-7-17-31(34)37-38-33-19-9-12-22-36(33)45-42(38)39-32-18-8-11-21-35(32)43(41(39)40(37)44)29-15-5-2-6-16-29/h1-34H;1-27H;1-26H. The second-order valence-electron chi connectivity index (χ2n) is 36.1. The van der Waals surface area contributed by atoms with Gasteiger partial charge in [0.05, 0.1) is 66.2 Å². The van der Waals surface area contributed by atoms with E-state index >= 15 is 0 Å². The highest BCUT2D eigenvalue weighted by Gasteiger charge is 2.32. The van der Waals surface area contributed by atoms with Crippen molar-refractivity contribution >= 4 is 179 Å². The van der Waals surface area contributed by atoms with Crippen molar-refractivity contribution in [1.29, 1.82) is 0 Å². The van der Waals surface area contributed by atoms with Crippen molar-refractivity contribution in [3.8, 4) is 78.6 Å². The SMILES string of the molecule is c1ccc(-c2ccc(-n3c4ccccc4c4c5c6ccccc6sc5c5c6ccccc6n(-c6ccccc6)c5c43)cc2)cc1.c1ccc(-c2ccc(N(c3ccc(-c4ccccc4)cc3)c3ccc(-c4ccc(-n5c6ccccc6c6ccccc65)cc4)cc3)cc2)cc1.c1ccc(-n2c3ccccc3c3c4c5ccccc5n(-c5ccccc5)c4c4c(c5ccccc5n4-c4ccccc4)c32)cc1. The van der Waals surface area contributed by atoms with E-state index in [2.05, 4.69) is 560 Å². The van der Waals surface area contributed by atoms with Crippen LogP contribution in [0.1, 0.15) is 0 Å². The third kappa shape index (κ3) is 13.3. The smallest absolute Gasteiger partial charge is 0.0810 e. The van der Waals surface area contributed by atoms with E-state index in [0.717, 1.165) is 45.5 Å². The highest BCUT2D eigenvalue weighted by atomic mass is 32.1. The summed E-state index contributed by atoms with van der Waals surface area (Å²) >= 11 is 1.92. The van der Waals surface area contributed by atoms with Crippen LogP contribution in [0.2, 0.25) is 0 Å². The van der Waals surface area contributed by atoms with Crippen molar-refractivity contribution in [2.24, 2.45) is 0 Å². The van der Waals surface area contributed by atoms with Gasteiger partial charge in [0.25, 0.3) is 0 Å². The van der Waals surface area contributed by atoms with Crippen LogP contribution >= 0.6 is 11.3 Å². The Balaban J connectivity index is 0.000000106. The molecule has 0 aliphatic carbocycles. The lowest BCUT2D eigenvalue weighted by molar-refractivity contribution is 1.15. The number of para-hydroxylation sites is 11. The Hall–Kier alpha value is -18.3. The van der Waals surface area contributed by atoms with Gasteiger partial charge in [0.15, 0.2) is 0 Å². The molecule has 656 valence electrons. The molecular formula is C132H87N7S. The summed E-state index contributed by atoms with van der Waals surface area (Å²) in [7, 11) is 0. The summed E-state index contributed by atoms with van der Waals surface area (Å²) in [5, 5.41) is 18.0. The molecular weight excluding hydrogens is 1720 g/mol. The van der Waals surface area contributed by atoms with E-state index in [1.165, 1.54) is 201 Å².